The molecule has 0 saturated carbocycles. The molecule has 1 aromatic heterocycles. The van der Waals surface area contributed by atoms with Crippen molar-refractivity contribution in [2.24, 2.45) is 10.6 Å². The molecule has 0 saturated heterocycles. The summed E-state index contributed by atoms with van der Waals surface area (Å²) >= 11 is 0. The SMILES string of the molecule is Cc1c(C(=O)NCCc2ccccc2)oc2c1C(=NO)CC(C)(C)C2. The number of rotatable bonds is 4. The maximum atomic E-state index is 12.5. The van der Waals surface area contributed by atoms with E-state index in [4.69, 9.17) is 4.42 Å². The smallest absolute Gasteiger partial charge is 0.287 e. The molecule has 0 radical (unpaired) electrons. The second-order valence-corrected chi connectivity index (χ2v) is 7.41. The fourth-order valence-electron chi connectivity index (χ4n) is 3.46. The van der Waals surface area contributed by atoms with E-state index in [0.29, 0.717) is 24.4 Å². The van der Waals surface area contributed by atoms with Crippen molar-refractivity contribution in [2.75, 3.05) is 6.54 Å². The van der Waals surface area contributed by atoms with Crippen LogP contribution in [0.1, 0.15) is 53.3 Å². The third kappa shape index (κ3) is 3.60. The van der Waals surface area contributed by atoms with Gasteiger partial charge in [-0.25, -0.2) is 0 Å². The standard InChI is InChI=1S/C20H24N2O3/c1-13-17-15(22-24)11-20(2,3)12-16(17)25-18(13)19(23)21-10-9-14-7-5-4-6-8-14/h4-8,24H,9-12H2,1-3H3,(H,21,23). The van der Waals surface area contributed by atoms with E-state index in [2.05, 4.69) is 24.3 Å². The number of hydrogen-bond donors (Lipinski definition) is 2. The quantitative estimate of drug-likeness (QED) is 0.658. The van der Waals surface area contributed by atoms with Gasteiger partial charge in [-0.1, -0.05) is 49.3 Å². The fraction of sp³-hybridized carbons (Fsp3) is 0.400. The highest BCUT2D eigenvalue weighted by Gasteiger charge is 2.36. The average molecular weight is 340 g/mol. The van der Waals surface area contributed by atoms with Gasteiger partial charge in [0.15, 0.2) is 5.76 Å². The molecule has 0 unspecified atom stereocenters. The number of furan rings is 1. The molecule has 1 aliphatic rings. The van der Waals surface area contributed by atoms with Crippen LogP contribution in [0.25, 0.3) is 0 Å². The van der Waals surface area contributed by atoms with E-state index in [1.54, 1.807) is 0 Å². The number of hydrogen-bond acceptors (Lipinski definition) is 4. The number of fused-ring (bicyclic) bond motifs is 1. The number of amides is 1. The Balaban J connectivity index is 1.75. The average Bonchev–Trinajstić information content (AvgIpc) is 2.90. The maximum Gasteiger partial charge on any atom is 0.287 e. The van der Waals surface area contributed by atoms with E-state index in [0.717, 1.165) is 29.7 Å². The van der Waals surface area contributed by atoms with Gasteiger partial charge in [0.25, 0.3) is 5.91 Å². The van der Waals surface area contributed by atoms with E-state index < -0.39 is 0 Å². The molecule has 132 valence electrons. The molecule has 2 N–H and O–H groups in total. The highest BCUT2D eigenvalue weighted by Crippen LogP contribution is 2.38. The summed E-state index contributed by atoms with van der Waals surface area (Å²) in [6.45, 7) is 6.58. The Morgan fingerprint density at radius 1 is 1.28 bits per heavy atom. The topological polar surface area (TPSA) is 74.8 Å². The lowest BCUT2D eigenvalue weighted by Crippen LogP contribution is -2.27. The first kappa shape index (κ1) is 17.3. The summed E-state index contributed by atoms with van der Waals surface area (Å²) < 4.78 is 5.87. The molecule has 5 heteroatoms. The molecule has 0 spiro atoms. The Morgan fingerprint density at radius 2 is 2.00 bits per heavy atom. The minimum absolute atomic E-state index is 0.0556. The van der Waals surface area contributed by atoms with E-state index in [1.807, 2.05) is 37.3 Å². The van der Waals surface area contributed by atoms with E-state index in [-0.39, 0.29) is 11.3 Å². The van der Waals surface area contributed by atoms with Crippen LogP contribution in [-0.2, 0) is 12.8 Å². The van der Waals surface area contributed by atoms with Crippen LogP contribution >= 0.6 is 0 Å². The van der Waals surface area contributed by atoms with Crippen LogP contribution in [0.3, 0.4) is 0 Å². The summed E-state index contributed by atoms with van der Waals surface area (Å²) in [5, 5.41) is 15.7. The van der Waals surface area contributed by atoms with Crippen LogP contribution in [0, 0.1) is 12.3 Å². The molecule has 25 heavy (non-hydrogen) atoms. The monoisotopic (exact) mass is 340 g/mol. The van der Waals surface area contributed by atoms with E-state index in [1.165, 1.54) is 5.56 Å². The van der Waals surface area contributed by atoms with Gasteiger partial charge in [0.1, 0.15) is 5.76 Å². The molecule has 0 fully saturated rings. The summed E-state index contributed by atoms with van der Waals surface area (Å²) in [4.78, 5) is 12.5. The van der Waals surface area contributed by atoms with Crippen molar-refractivity contribution < 1.29 is 14.4 Å². The highest BCUT2D eigenvalue weighted by atomic mass is 16.4. The molecule has 2 aromatic rings. The molecule has 0 aliphatic heterocycles. The third-order valence-electron chi connectivity index (χ3n) is 4.66. The first-order chi connectivity index (χ1) is 11.9. The second kappa shape index (κ2) is 6.75. The lowest BCUT2D eigenvalue weighted by molar-refractivity contribution is 0.0922. The summed E-state index contributed by atoms with van der Waals surface area (Å²) in [5.41, 5.74) is 3.25. The molecule has 3 rings (SSSR count). The first-order valence-corrected chi connectivity index (χ1v) is 8.57. The predicted octanol–water partition coefficient (Wildman–Crippen LogP) is 3.71. The van der Waals surface area contributed by atoms with Crippen molar-refractivity contribution in [2.45, 2.75) is 40.0 Å². The summed E-state index contributed by atoms with van der Waals surface area (Å²) in [5.74, 6) is 0.824. The number of carbonyl (C=O) groups excluding carboxylic acids is 1. The van der Waals surface area contributed by atoms with Gasteiger partial charge in [0.2, 0.25) is 0 Å². The van der Waals surface area contributed by atoms with Crippen LogP contribution in [0.4, 0.5) is 0 Å². The zero-order valence-electron chi connectivity index (χ0n) is 14.9. The Kier molecular flexibility index (Phi) is 4.66. The van der Waals surface area contributed by atoms with Crippen molar-refractivity contribution in [3.05, 3.63) is 58.5 Å². The van der Waals surface area contributed by atoms with Crippen molar-refractivity contribution in [1.29, 1.82) is 0 Å². The Bertz CT molecular complexity index is 804. The number of oxime groups is 1. The Labute approximate surface area is 147 Å². The molecule has 1 heterocycles. The number of nitrogens with zero attached hydrogens (tertiary/aromatic N) is 1. The van der Waals surface area contributed by atoms with Gasteiger partial charge < -0.3 is 14.9 Å². The summed E-state index contributed by atoms with van der Waals surface area (Å²) in [7, 11) is 0. The minimum Gasteiger partial charge on any atom is -0.455 e. The minimum atomic E-state index is -0.224. The van der Waals surface area contributed by atoms with Gasteiger partial charge in [-0.05, 0) is 30.7 Å². The van der Waals surface area contributed by atoms with Gasteiger partial charge in [-0.2, -0.15) is 0 Å². The van der Waals surface area contributed by atoms with Crippen LogP contribution in [0.5, 0.6) is 0 Å². The van der Waals surface area contributed by atoms with Gasteiger partial charge in [0.05, 0.1) is 5.71 Å². The Morgan fingerprint density at radius 3 is 2.68 bits per heavy atom. The first-order valence-electron chi connectivity index (χ1n) is 8.57. The number of benzene rings is 1. The fourth-order valence-corrected chi connectivity index (χ4v) is 3.46. The van der Waals surface area contributed by atoms with Gasteiger partial charge in [-0.3, -0.25) is 4.79 Å². The van der Waals surface area contributed by atoms with Crippen LogP contribution in [0.2, 0.25) is 0 Å². The van der Waals surface area contributed by atoms with Crippen molar-refractivity contribution in [3.63, 3.8) is 0 Å². The molecular weight excluding hydrogens is 316 g/mol. The van der Waals surface area contributed by atoms with Crippen LogP contribution < -0.4 is 5.32 Å². The zero-order valence-corrected chi connectivity index (χ0v) is 14.9. The third-order valence-corrected chi connectivity index (χ3v) is 4.66. The molecular formula is C20H24N2O3. The van der Waals surface area contributed by atoms with Gasteiger partial charge >= 0.3 is 0 Å². The van der Waals surface area contributed by atoms with Crippen molar-refractivity contribution >= 4 is 11.6 Å². The lowest BCUT2D eigenvalue weighted by Gasteiger charge is -2.28. The van der Waals surface area contributed by atoms with Crippen molar-refractivity contribution in [3.8, 4) is 0 Å². The Hall–Kier alpha value is -2.56. The van der Waals surface area contributed by atoms with Gasteiger partial charge in [-0.15, -0.1) is 0 Å². The number of carbonyl (C=O) groups is 1. The molecule has 5 nitrogen and oxygen atoms in total. The largest absolute Gasteiger partial charge is 0.455 e. The molecule has 1 aliphatic carbocycles. The second-order valence-electron chi connectivity index (χ2n) is 7.41. The summed E-state index contributed by atoms with van der Waals surface area (Å²) in [6, 6.07) is 10.0. The van der Waals surface area contributed by atoms with Crippen molar-refractivity contribution in [1.82, 2.24) is 5.32 Å². The normalized spacial score (nSPS) is 17.3. The van der Waals surface area contributed by atoms with Crippen LogP contribution in [-0.4, -0.2) is 23.4 Å². The van der Waals surface area contributed by atoms with Gasteiger partial charge in [0, 0.05) is 24.1 Å². The highest BCUT2D eigenvalue weighted by molar-refractivity contribution is 6.06. The molecule has 0 atom stereocenters. The van der Waals surface area contributed by atoms with E-state index >= 15 is 0 Å². The predicted molar refractivity (Wildman–Crippen MR) is 96.3 cm³/mol. The zero-order chi connectivity index (χ0) is 18.0. The maximum absolute atomic E-state index is 12.5. The van der Waals surface area contributed by atoms with Crippen LogP contribution in [0.15, 0.2) is 39.9 Å². The lowest BCUT2D eigenvalue weighted by atomic mass is 9.75. The molecule has 1 aromatic carbocycles. The number of nitrogens with one attached hydrogen (secondary N) is 1. The molecule has 1 amide bonds. The molecule has 0 bridgehead atoms. The van der Waals surface area contributed by atoms with E-state index in [9.17, 15) is 10.0 Å². The summed E-state index contributed by atoms with van der Waals surface area (Å²) in [6.07, 6.45) is 2.15.